The second kappa shape index (κ2) is 3.11. The molecule has 64 valence electrons. The molecule has 1 heterocycles. The molecule has 1 aliphatic rings. The maximum atomic E-state index is 11.1. The van der Waals surface area contributed by atoms with Gasteiger partial charge in [0.15, 0.2) is 0 Å². The first-order valence-corrected chi connectivity index (χ1v) is 4.12. The van der Waals surface area contributed by atoms with Gasteiger partial charge in [0.1, 0.15) is 6.61 Å². The lowest BCUT2D eigenvalue weighted by Crippen LogP contribution is -2.38. The zero-order chi connectivity index (χ0) is 8.43. The third-order valence-corrected chi connectivity index (χ3v) is 2.03. The number of carbonyl (C=O) groups excluding carboxylic acids is 1. The summed E-state index contributed by atoms with van der Waals surface area (Å²) in [5, 5.41) is 0. The Balaban J connectivity index is 2.63. The molecule has 0 radical (unpaired) electrons. The molecule has 1 aliphatic heterocycles. The van der Waals surface area contributed by atoms with Gasteiger partial charge in [0.25, 0.3) is 0 Å². The van der Waals surface area contributed by atoms with Crippen LogP contribution in [0.25, 0.3) is 0 Å². The van der Waals surface area contributed by atoms with Crippen LogP contribution in [0.1, 0.15) is 27.2 Å². The summed E-state index contributed by atoms with van der Waals surface area (Å²) >= 11 is 0. The minimum atomic E-state index is -0.160. The summed E-state index contributed by atoms with van der Waals surface area (Å²) in [6, 6.07) is 0.553. The van der Waals surface area contributed by atoms with E-state index >= 15 is 0 Å². The van der Waals surface area contributed by atoms with Crippen molar-refractivity contribution in [3.63, 3.8) is 0 Å². The molecule has 1 rings (SSSR count). The highest BCUT2D eigenvalue weighted by Gasteiger charge is 2.33. The van der Waals surface area contributed by atoms with E-state index < -0.39 is 0 Å². The molecule has 1 atom stereocenters. The molecule has 0 saturated carbocycles. The highest BCUT2D eigenvalue weighted by atomic mass is 16.6. The van der Waals surface area contributed by atoms with E-state index in [1.165, 1.54) is 0 Å². The molecule has 1 amide bonds. The van der Waals surface area contributed by atoms with E-state index in [9.17, 15) is 4.79 Å². The van der Waals surface area contributed by atoms with Crippen LogP contribution in [0.4, 0.5) is 4.79 Å². The number of rotatable bonds is 2. The summed E-state index contributed by atoms with van der Waals surface area (Å²) in [4.78, 5) is 12.9. The molecule has 0 aromatic carbocycles. The average molecular weight is 157 g/mol. The van der Waals surface area contributed by atoms with Crippen LogP contribution in [0.15, 0.2) is 0 Å². The molecule has 3 heteroatoms. The topological polar surface area (TPSA) is 29.5 Å². The number of cyclic esters (lactones) is 1. The van der Waals surface area contributed by atoms with Crippen LogP contribution >= 0.6 is 0 Å². The summed E-state index contributed by atoms with van der Waals surface area (Å²) in [6.45, 7) is 6.65. The van der Waals surface area contributed by atoms with Gasteiger partial charge in [-0.15, -0.1) is 0 Å². The molecule has 1 fully saturated rings. The monoisotopic (exact) mass is 157 g/mol. The Bertz CT molecular complexity index is 156. The Kier molecular flexibility index (Phi) is 2.37. The summed E-state index contributed by atoms with van der Waals surface area (Å²) in [5.41, 5.74) is 0. The summed E-state index contributed by atoms with van der Waals surface area (Å²) < 4.78 is 4.92. The molecule has 0 N–H and O–H groups in total. The first kappa shape index (κ1) is 8.37. The average Bonchev–Trinajstić information content (AvgIpc) is 2.30. The van der Waals surface area contributed by atoms with Crippen LogP contribution < -0.4 is 0 Å². The zero-order valence-electron chi connectivity index (χ0n) is 7.33. The quantitative estimate of drug-likeness (QED) is 0.609. The Labute approximate surface area is 67.3 Å². The maximum Gasteiger partial charge on any atom is 0.410 e. The fraction of sp³-hybridized carbons (Fsp3) is 0.875. The largest absolute Gasteiger partial charge is 0.447 e. The lowest BCUT2D eigenvalue weighted by molar-refractivity contribution is 0.149. The minimum Gasteiger partial charge on any atom is -0.447 e. The van der Waals surface area contributed by atoms with Crippen LogP contribution in [0, 0.1) is 0 Å². The Morgan fingerprint density at radius 3 is 2.73 bits per heavy atom. The van der Waals surface area contributed by atoms with Crippen molar-refractivity contribution in [1.82, 2.24) is 4.90 Å². The van der Waals surface area contributed by atoms with E-state index in [1.54, 1.807) is 4.90 Å². The standard InChI is InChI=1S/C8H15NO2/c1-4-7-5-11-8(10)9(7)6(2)3/h6-7H,4-5H2,1-3H3. The zero-order valence-corrected chi connectivity index (χ0v) is 7.33. The van der Waals surface area contributed by atoms with Crippen LogP contribution in [0.5, 0.6) is 0 Å². The maximum absolute atomic E-state index is 11.1. The van der Waals surface area contributed by atoms with E-state index in [0.29, 0.717) is 12.6 Å². The molecule has 0 aromatic rings. The van der Waals surface area contributed by atoms with Crippen molar-refractivity contribution >= 4 is 6.09 Å². The summed E-state index contributed by atoms with van der Waals surface area (Å²) in [5.74, 6) is 0. The van der Waals surface area contributed by atoms with Crippen molar-refractivity contribution in [2.45, 2.75) is 39.3 Å². The van der Waals surface area contributed by atoms with Crippen LogP contribution in [-0.4, -0.2) is 29.7 Å². The smallest absolute Gasteiger partial charge is 0.410 e. The molecular formula is C8H15NO2. The van der Waals surface area contributed by atoms with E-state index in [4.69, 9.17) is 4.74 Å². The Hall–Kier alpha value is -0.730. The molecule has 0 aromatic heterocycles. The van der Waals surface area contributed by atoms with E-state index in [0.717, 1.165) is 6.42 Å². The van der Waals surface area contributed by atoms with Crippen molar-refractivity contribution in [2.24, 2.45) is 0 Å². The fourth-order valence-electron chi connectivity index (χ4n) is 1.42. The highest BCUT2D eigenvalue weighted by Crippen LogP contribution is 2.17. The molecule has 11 heavy (non-hydrogen) atoms. The number of hydrogen-bond donors (Lipinski definition) is 0. The number of carbonyl (C=O) groups is 1. The van der Waals surface area contributed by atoms with Crippen molar-refractivity contribution in [1.29, 1.82) is 0 Å². The molecule has 1 unspecified atom stereocenters. The predicted octanol–water partition coefficient (Wildman–Crippen LogP) is 1.63. The molecular weight excluding hydrogens is 142 g/mol. The van der Waals surface area contributed by atoms with E-state index in [-0.39, 0.29) is 12.1 Å². The van der Waals surface area contributed by atoms with Gasteiger partial charge in [0.05, 0.1) is 6.04 Å². The predicted molar refractivity (Wildman–Crippen MR) is 42.4 cm³/mol. The third-order valence-electron chi connectivity index (χ3n) is 2.03. The lowest BCUT2D eigenvalue weighted by Gasteiger charge is -2.23. The van der Waals surface area contributed by atoms with Crippen molar-refractivity contribution in [3.8, 4) is 0 Å². The summed E-state index contributed by atoms with van der Waals surface area (Å²) in [7, 11) is 0. The normalized spacial score (nSPS) is 24.5. The number of ether oxygens (including phenoxy) is 1. The first-order chi connectivity index (χ1) is 5.16. The van der Waals surface area contributed by atoms with Gasteiger partial charge in [-0.1, -0.05) is 6.92 Å². The molecule has 0 bridgehead atoms. The van der Waals surface area contributed by atoms with Gasteiger partial charge in [-0.25, -0.2) is 4.79 Å². The van der Waals surface area contributed by atoms with Crippen molar-refractivity contribution in [2.75, 3.05) is 6.61 Å². The van der Waals surface area contributed by atoms with Gasteiger partial charge in [-0.05, 0) is 20.3 Å². The number of hydrogen-bond acceptors (Lipinski definition) is 2. The fourth-order valence-corrected chi connectivity index (χ4v) is 1.42. The SMILES string of the molecule is CCC1COC(=O)N1C(C)C. The third kappa shape index (κ3) is 1.47. The number of nitrogens with zero attached hydrogens (tertiary/aromatic N) is 1. The second-order valence-corrected chi connectivity index (χ2v) is 3.14. The van der Waals surface area contributed by atoms with E-state index in [1.807, 2.05) is 13.8 Å². The van der Waals surface area contributed by atoms with Crippen LogP contribution in [-0.2, 0) is 4.74 Å². The van der Waals surface area contributed by atoms with Gasteiger partial charge >= 0.3 is 6.09 Å². The van der Waals surface area contributed by atoms with Crippen molar-refractivity contribution < 1.29 is 9.53 Å². The minimum absolute atomic E-state index is 0.160. The number of amides is 1. The first-order valence-electron chi connectivity index (χ1n) is 4.12. The second-order valence-electron chi connectivity index (χ2n) is 3.14. The van der Waals surface area contributed by atoms with Crippen molar-refractivity contribution in [3.05, 3.63) is 0 Å². The van der Waals surface area contributed by atoms with Crippen LogP contribution in [0.3, 0.4) is 0 Å². The van der Waals surface area contributed by atoms with Gasteiger partial charge < -0.3 is 4.74 Å². The van der Waals surface area contributed by atoms with Gasteiger partial charge in [-0.2, -0.15) is 0 Å². The Morgan fingerprint density at radius 2 is 2.36 bits per heavy atom. The molecule has 0 aliphatic carbocycles. The van der Waals surface area contributed by atoms with Gasteiger partial charge in [-0.3, -0.25) is 4.90 Å². The Morgan fingerprint density at radius 1 is 1.73 bits per heavy atom. The van der Waals surface area contributed by atoms with E-state index in [2.05, 4.69) is 6.92 Å². The highest BCUT2D eigenvalue weighted by molar-refractivity contribution is 5.70. The molecule has 0 spiro atoms. The van der Waals surface area contributed by atoms with Gasteiger partial charge in [0, 0.05) is 6.04 Å². The molecule has 1 saturated heterocycles. The van der Waals surface area contributed by atoms with Gasteiger partial charge in [0.2, 0.25) is 0 Å². The summed E-state index contributed by atoms with van der Waals surface area (Å²) in [6.07, 6.45) is 0.816. The lowest BCUT2D eigenvalue weighted by atomic mass is 10.2. The van der Waals surface area contributed by atoms with Crippen LogP contribution in [0.2, 0.25) is 0 Å². The molecule has 3 nitrogen and oxygen atoms in total.